The van der Waals surface area contributed by atoms with Crippen LogP contribution in [0, 0.1) is 12.8 Å². The van der Waals surface area contributed by atoms with Crippen LogP contribution in [-0.4, -0.2) is 40.8 Å². The summed E-state index contributed by atoms with van der Waals surface area (Å²) in [5.41, 5.74) is 5.25. The van der Waals surface area contributed by atoms with Gasteiger partial charge in [0.1, 0.15) is 5.75 Å². The average Bonchev–Trinajstić information content (AvgIpc) is 3.19. The fourth-order valence-electron chi connectivity index (χ4n) is 4.34. The lowest BCUT2D eigenvalue weighted by Crippen LogP contribution is -2.37. The summed E-state index contributed by atoms with van der Waals surface area (Å²) in [5.74, 6) is 0.940. The summed E-state index contributed by atoms with van der Waals surface area (Å²) < 4.78 is 7.35. The van der Waals surface area contributed by atoms with Crippen molar-refractivity contribution in [3.8, 4) is 16.9 Å². The molecule has 1 aromatic heterocycles. The summed E-state index contributed by atoms with van der Waals surface area (Å²) in [5, 5.41) is 7.74. The van der Waals surface area contributed by atoms with Crippen LogP contribution in [0.25, 0.3) is 11.1 Å². The molecule has 168 valence electrons. The minimum absolute atomic E-state index is 0.0316. The molecule has 32 heavy (non-hydrogen) atoms. The van der Waals surface area contributed by atoms with E-state index in [1.54, 1.807) is 7.11 Å². The lowest BCUT2D eigenvalue weighted by Gasteiger charge is -2.31. The number of rotatable bonds is 7. The smallest absolute Gasteiger partial charge is 0.227 e. The maximum absolute atomic E-state index is 13.1. The number of piperidine rings is 1. The van der Waals surface area contributed by atoms with Crippen molar-refractivity contribution < 1.29 is 9.53 Å². The number of carbonyl (C=O) groups is 1. The van der Waals surface area contributed by atoms with E-state index in [2.05, 4.69) is 35.4 Å². The number of ether oxygens (including phenoxy) is 1. The van der Waals surface area contributed by atoms with Gasteiger partial charge in [0, 0.05) is 42.0 Å². The molecule has 2 aromatic carbocycles. The van der Waals surface area contributed by atoms with Crippen molar-refractivity contribution in [2.45, 2.75) is 39.8 Å². The summed E-state index contributed by atoms with van der Waals surface area (Å²) in [6.07, 6.45) is 3.88. The Morgan fingerprint density at radius 1 is 1.16 bits per heavy atom. The van der Waals surface area contributed by atoms with Crippen LogP contribution < -0.4 is 10.1 Å². The highest BCUT2D eigenvalue weighted by Crippen LogP contribution is 2.31. The third-order valence-electron chi connectivity index (χ3n) is 6.29. The average molecular weight is 433 g/mol. The number of hydrogen-bond donors (Lipinski definition) is 1. The number of benzene rings is 2. The van der Waals surface area contributed by atoms with Crippen molar-refractivity contribution in [3.05, 3.63) is 66.0 Å². The maximum Gasteiger partial charge on any atom is 0.227 e. The second-order valence-corrected chi connectivity index (χ2v) is 8.41. The van der Waals surface area contributed by atoms with Crippen LogP contribution in [0.2, 0.25) is 0 Å². The number of aryl methyl sites for hydroxylation is 2. The van der Waals surface area contributed by atoms with Gasteiger partial charge < -0.3 is 10.1 Å². The van der Waals surface area contributed by atoms with E-state index in [9.17, 15) is 4.79 Å². The van der Waals surface area contributed by atoms with Crippen molar-refractivity contribution in [1.29, 1.82) is 0 Å². The Morgan fingerprint density at radius 3 is 2.66 bits per heavy atom. The van der Waals surface area contributed by atoms with Gasteiger partial charge in [0.2, 0.25) is 5.91 Å². The number of aromatic nitrogens is 2. The van der Waals surface area contributed by atoms with Crippen LogP contribution in [-0.2, 0) is 17.9 Å². The predicted octanol–water partition coefficient (Wildman–Crippen LogP) is 4.74. The number of methoxy groups -OCH3 is 1. The molecular formula is C26H32N4O2. The van der Waals surface area contributed by atoms with E-state index in [-0.39, 0.29) is 11.8 Å². The zero-order chi connectivity index (χ0) is 22.5. The van der Waals surface area contributed by atoms with Crippen LogP contribution in [0.15, 0.2) is 54.7 Å². The summed E-state index contributed by atoms with van der Waals surface area (Å²) in [4.78, 5) is 15.5. The van der Waals surface area contributed by atoms with E-state index >= 15 is 0 Å². The molecule has 0 spiro atoms. The first-order valence-electron chi connectivity index (χ1n) is 11.4. The van der Waals surface area contributed by atoms with Crippen molar-refractivity contribution >= 4 is 11.6 Å². The molecule has 0 aliphatic carbocycles. The second-order valence-electron chi connectivity index (χ2n) is 8.41. The van der Waals surface area contributed by atoms with Gasteiger partial charge in [-0.05, 0) is 63.5 Å². The molecule has 0 atom stereocenters. The zero-order valence-corrected chi connectivity index (χ0v) is 19.2. The molecule has 2 heterocycles. The molecule has 1 aliphatic rings. The molecule has 1 N–H and O–H groups in total. The molecule has 0 radical (unpaired) electrons. The predicted molar refractivity (Wildman–Crippen MR) is 128 cm³/mol. The molecule has 1 amide bonds. The van der Waals surface area contributed by atoms with E-state index in [0.29, 0.717) is 0 Å². The number of amides is 1. The molecule has 6 heteroatoms. The molecule has 0 unspecified atom stereocenters. The maximum atomic E-state index is 13.1. The molecule has 1 aliphatic heterocycles. The first kappa shape index (κ1) is 22.1. The van der Waals surface area contributed by atoms with Crippen LogP contribution in [0.3, 0.4) is 0 Å². The highest BCUT2D eigenvalue weighted by Gasteiger charge is 2.26. The number of anilines is 1. The van der Waals surface area contributed by atoms with Gasteiger partial charge in [-0.2, -0.15) is 5.10 Å². The van der Waals surface area contributed by atoms with Crippen LogP contribution in [0.1, 0.15) is 31.0 Å². The minimum Gasteiger partial charge on any atom is -0.497 e. The topological polar surface area (TPSA) is 59.4 Å². The minimum atomic E-state index is 0.0316. The molecular weight excluding hydrogens is 400 g/mol. The fourth-order valence-corrected chi connectivity index (χ4v) is 4.34. The molecule has 6 nitrogen and oxygen atoms in total. The Balaban J connectivity index is 1.38. The van der Waals surface area contributed by atoms with Gasteiger partial charge >= 0.3 is 0 Å². The van der Waals surface area contributed by atoms with Gasteiger partial charge in [0.25, 0.3) is 0 Å². The number of likely N-dealkylation sites (tertiary alicyclic amines) is 1. The first-order valence-corrected chi connectivity index (χ1v) is 11.4. The fraction of sp³-hybridized carbons (Fsp3) is 0.385. The standard InChI is InChI=1S/C26H32N4O2/c1-4-30-18-22(19(2)28-30)17-29-14-12-20(13-15-29)26(31)27-25-11-6-5-10-24(25)21-8-7-9-23(16-21)32-3/h5-11,16,18,20H,4,12-15,17H2,1-3H3,(H,27,31). The van der Waals surface area contributed by atoms with Crippen LogP contribution >= 0.6 is 0 Å². The Hall–Kier alpha value is -3.12. The SMILES string of the molecule is CCn1cc(CN2CCC(C(=O)Nc3ccccc3-c3cccc(OC)c3)CC2)c(C)n1. The second kappa shape index (κ2) is 10.0. The molecule has 1 saturated heterocycles. The summed E-state index contributed by atoms with van der Waals surface area (Å²) in [6.45, 7) is 7.81. The van der Waals surface area contributed by atoms with Crippen molar-refractivity contribution in [2.24, 2.45) is 5.92 Å². The first-order chi connectivity index (χ1) is 15.6. The van der Waals surface area contributed by atoms with E-state index in [0.717, 1.165) is 67.3 Å². The third kappa shape index (κ3) is 5.02. The number of nitrogens with one attached hydrogen (secondary N) is 1. The Labute approximate surface area is 190 Å². The van der Waals surface area contributed by atoms with Crippen LogP contribution in [0.4, 0.5) is 5.69 Å². The number of carbonyl (C=O) groups excluding carboxylic acids is 1. The molecule has 3 aromatic rings. The van der Waals surface area contributed by atoms with Gasteiger partial charge in [0.05, 0.1) is 12.8 Å². The summed E-state index contributed by atoms with van der Waals surface area (Å²) in [7, 11) is 1.66. The Bertz CT molecular complexity index is 1070. The van der Waals surface area contributed by atoms with Crippen LogP contribution in [0.5, 0.6) is 5.75 Å². The summed E-state index contributed by atoms with van der Waals surface area (Å²) in [6, 6.07) is 15.9. The zero-order valence-electron chi connectivity index (χ0n) is 19.2. The quantitative estimate of drug-likeness (QED) is 0.586. The van der Waals surface area contributed by atoms with E-state index in [1.165, 1.54) is 5.56 Å². The van der Waals surface area contributed by atoms with Crippen molar-refractivity contribution in [1.82, 2.24) is 14.7 Å². The number of nitrogens with zero attached hydrogens (tertiary/aromatic N) is 3. The molecule has 1 fully saturated rings. The lowest BCUT2D eigenvalue weighted by molar-refractivity contribution is -0.121. The van der Waals surface area contributed by atoms with Gasteiger partial charge in [0.15, 0.2) is 0 Å². The normalized spacial score (nSPS) is 15.0. The number of hydrogen-bond acceptors (Lipinski definition) is 4. The molecule has 0 bridgehead atoms. The van der Waals surface area contributed by atoms with Gasteiger partial charge in [-0.3, -0.25) is 14.4 Å². The Morgan fingerprint density at radius 2 is 1.94 bits per heavy atom. The van der Waals surface area contributed by atoms with Crippen molar-refractivity contribution in [2.75, 3.05) is 25.5 Å². The Kier molecular flexibility index (Phi) is 6.90. The van der Waals surface area contributed by atoms with Gasteiger partial charge in [-0.1, -0.05) is 30.3 Å². The van der Waals surface area contributed by atoms with Gasteiger partial charge in [-0.25, -0.2) is 0 Å². The monoisotopic (exact) mass is 432 g/mol. The largest absolute Gasteiger partial charge is 0.497 e. The molecule has 4 rings (SSSR count). The van der Waals surface area contributed by atoms with Gasteiger partial charge in [-0.15, -0.1) is 0 Å². The van der Waals surface area contributed by atoms with E-state index < -0.39 is 0 Å². The highest BCUT2D eigenvalue weighted by atomic mass is 16.5. The van der Waals surface area contributed by atoms with E-state index in [1.807, 2.05) is 53.2 Å². The summed E-state index contributed by atoms with van der Waals surface area (Å²) >= 11 is 0. The third-order valence-corrected chi connectivity index (χ3v) is 6.29. The van der Waals surface area contributed by atoms with Crippen molar-refractivity contribution in [3.63, 3.8) is 0 Å². The highest BCUT2D eigenvalue weighted by molar-refractivity contribution is 5.96. The number of para-hydroxylation sites is 1. The molecule has 0 saturated carbocycles. The van der Waals surface area contributed by atoms with E-state index in [4.69, 9.17) is 4.74 Å². The lowest BCUT2D eigenvalue weighted by atomic mass is 9.95.